The molecule has 0 aromatic heterocycles. The normalized spacial score (nSPS) is 23.3. The van der Waals surface area contributed by atoms with Crippen LogP contribution in [0.5, 0.6) is 0 Å². The van der Waals surface area contributed by atoms with Gasteiger partial charge < -0.3 is 5.73 Å². The molecule has 1 saturated carbocycles. The molecule has 112 valence electrons. The largest absolute Gasteiger partial charge is 0.330 e. The summed E-state index contributed by atoms with van der Waals surface area (Å²) in [4.78, 5) is 2.01. The molecule has 0 saturated heterocycles. The molecule has 0 bridgehead atoms. The molecule has 2 nitrogen and oxygen atoms in total. The number of hydrogen-bond donors (Lipinski definition) is 1. The summed E-state index contributed by atoms with van der Waals surface area (Å²) in [6.07, 6.45) is 4.40. The highest BCUT2D eigenvalue weighted by Crippen LogP contribution is 2.28. The van der Waals surface area contributed by atoms with Crippen LogP contribution in [0.2, 0.25) is 0 Å². The van der Waals surface area contributed by atoms with Gasteiger partial charge in [-0.05, 0) is 38.4 Å². The first kappa shape index (κ1) is 15.3. The third-order valence-electron chi connectivity index (χ3n) is 4.25. The molecule has 20 heavy (non-hydrogen) atoms. The average molecular weight is 286 g/mol. The van der Waals surface area contributed by atoms with Crippen molar-refractivity contribution in [3.05, 3.63) is 35.1 Å². The van der Waals surface area contributed by atoms with Crippen molar-refractivity contribution in [1.29, 1.82) is 0 Å². The summed E-state index contributed by atoms with van der Waals surface area (Å²) in [7, 11) is 1.89. The highest BCUT2D eigenvalue weighted by Gasteiger charge is 2.27. The third kappa shape index (κ3) is 3.33. The van der Waals surface area contributed by atoms with Crippen molar-refractivity contribution in [2.75, 3.05) is 13.6 Å². The molecular weight excluding hydrogens is 265 g/mol. The van der Waals surface area contributed by atoms with Crippen molar-refractivity contribution in [1.82, 2.24) is 4.90 Å². The predicted octanol–water partition coefficient (Wildman–Crippen LogP) is 3.05. The molecule has 1 aliphatic carbocycles. The number of hydrogen-bond acceptors (Lipinski definition) is 2. The third-order valence-corrected chi connectivity index (χ3v) is 4.25. The van der Waals surface area contributed by atoms with Crippen molar-refractivity contribution in [3.63, 3.8) is 0 Å². The summed E-state index contributed by atoms with van der Waals surface area (Å²) in [5, 5.41) is 0. The summed E-state index contributed by atoms with van der Waals surface area (Å²) < 4.78 is 39.8. The Morgan fingerprint density at radius 2 is 1.75 bits per heavy atom. The van der Waals surface area contributed by atoms with Gasteiger partial charge in [0.05, 0.1) is 0 Å². The van der Waals surface area contributed by atoms with Gasteiger partial charge in [-0.25, -0.2) is 13.2 Å². The van der Waals surface area contributed by atoms with Crippen LogP contribution in [-0.2, 0) is 6.54 Å². The first-order valence-electron chi connectivity index (χ1n) is 7.06. The van der Waals surface area contributed by atoms with Crippen LogP contribution in [0.1, 0.15) is 31.2 Å². The van der Waals surface area contributed by atoms with Gasteiger partial charge >= 0.3 is 0 Å². The lowest BCUT2D eigenvalue weighted by Gasteiger charge is -2.37. The first-order chi connectivity index (χ1) is 9.52. The predicted molar refractivity (Wildman–Crippen MR) is 72.6 cm³/mol. The van der Waals surface area contributed by atoms with Crippen molar-refractivity contribution in [2.24, 2.45) is 11.7 Å². The second kappa shape index (κ2) is 6.59. The zero-order valence-corrected chi connectivity index (χ0v) is 11.7. The van der Waals surface area contributed by atoms with Crippen LogP contribution in [-0.4, -0.2) is 24.5 Å². The molecule has 1 fully saturated rings. The van der Waals surface area contributed by atoms with Crippen LogP contribution in [0, 0.1) is 23.4 Å². The monoisotopic (exact) mass is 286 g/mol. The Bertz CT molecular complexity index is 465. The lowest BCUT2D eigenvalue weighted by molar-refractivity contribution is 0.126. The van der Waals surface area contributed by atoms with Gasteiger partial charge in [0.15, 0.2) is 11.6 Å². The van der Waals surface area contributed by atoms with Gasteiger partial charge in [0.25, 0.3) is 0 Å². The molecule has 2 unspecified atom stereocenters. The zero-order chi connectivity index (χ0) is 14.7. The molecule has 5 heteroatoms. The summed E-state index contributed by atoms with van der Waals surface area (Å²) >= 11 is 0. The minimum Gasteiger partial charge on any atom is -0.330 e. The lowest BCUT2D eigenvalue weighted by atomic mass is 9.83. The van der Waals surface area contributed by atoms with Crippen molar-refractivity contribution in [2.45, 2.75) is 38.3 Å². The Labute approximate surface area is 117 Å². The molecular formula is C15H21F3N2. The standard InChI is InChI=1S/C15H21F3N2/c1-20(15-5-3-2-4-10(15)8-19)9-11-6-13(17)14(18)7-12(11)16/h6-7,10,15H,2-5,8-9,19H2,1H3. The minimum atomic E-state index is -1.15. The smallest absolute Gasteiger partial charge is 0.161 e. The van der Waals surface area contributed by atoms with Gasteiger partial charge in [-0.2, -0.15) is 0 Å². The molecule has 2 N–H and O–H groups in total. The van der Waals surface area contributed by atoms with Crippen LogP contribution in [0.4, 0.5) is 13.2 Å². The molecule has 1 aromatic rings. The van der Waals surface area contributed by atoms with E-state index >= 15 is 0 Å². The van der Waals surface area contributed by atoms with E-state index < -0.39 is 17.5 Å². The SMILES string of the molecule is CN(Cc1cc(F)c(F)cc1F)C1CCCCC1CN. The number of benzene rings is 1. The first-order valence-corrected chi connectivity index (χ1v) is 7.06. The summed E-state index contributed by atoms with van der Waals surface area (Å²) in [5.41, 5.74) is 5.98. The average Bonchev–Trinajstić information content (AvgIpc) is 2.44. The van der Waals surface area contributed by atoms with Crippen LogP contribution < -0.4 is 5.73 Å². The Hall–Kier alpha value is -1.07. The maximum absolute atomic E-state index is 13.7. The van der Waals surface area contributed by atoms with Gasteiger partial charge in [-0.15, -0.1) is 0 Å². The highest BCUT2D eigenvalue weighted by atomic mass is 19.2. The lowest BCUT2D eigenvalue weighted by Crippen LogP contribution is -2.42. The number of rotatable bonds is 4. The van der Waals surface area contributed by atoms with Crippen LogP contribution >= 0.6 is 0 Å². The number of nitrogens with two attached hydrogens (primary N) is 1. The zero-order valence-electron chi connectivity index (χ0n) is 11.7. The van der Waals surface area contributed by atoms with E-state index in [1.54, 1.807) is 0 Å². The van der Waals surface area contributed by atoms with Crippen LogP contribution in [0.25, 0.3) is 0 Å². The second-order valence-electron chi connectivity index (χ2n) is 5.62. The van der Waals surface area contributed by atoms with Gasteiger partial charge in [-0.3, -0.25) is 4.90 Å². The van der Waals surface area contributed by atoms with Crippen molar-refractivity contribution < 1.29 is 13.2 Å². The van der Waals surface area contributed by atoms with Gasteiger partial charge in [0.2, 0.25) is 0 Å². The van der Waals surface area contributed by atoms with Crippen LogP contribution in [0.15, 0.2) is 12.1 Å². The summed E-state index contributed by atoms with van der Waals surface area (Å²) in [6.45, 7) is 0.874. The fourth-order valence-electron chi connectivity index (χ4n) is 3.11. The fourth-order valence-corrected chi connectivity index (χ4v) is 3.11. The van der Waals surface area contributed by atoms with E-state index in [4.69, 9.17) is 5.73 Å². The molecule has 1 aromatic carbocycles. The molecule has 0 aliphatic heterocycles. The van der Waals surface area contributed by atoms with Crippen molar-refractivity contribution in [3.8, 4) is 0 Å². The van der Waals surface area contributed by atoms with E-state index in [1.807, 2.05) is 11.9 Å². The summed E-state index contributed by atoms with van der Waals surface area (Å²) in [6, 6.07) is 1.84. The Morgan fingerprint density at radius 3 is 2.45 bits per heavy atom. The molecule has 0 radical (unpaired) electrons. The Balaban J connectivity index is 2.10. The molecule has 2 atom stereocenters. The van der Waals surface area contributed by atoms with Gasteiger partial charge in [0.1, 0.15) is 5.82 Å². The maximum Gasteiger partial charge on any atom is 0.161 e. The van der Waals surface area contributed by atoms with E-state index in [2.05, 4.69) is 0 Å². The molecule has 0 amide bonds. The minimum absolute atomic E-state index is 0.188. The molecule has 1 aliphatic rings. The van der Waals surface area contributed by atoms with Crippen molar-refractivity contribution >= 4 is 0 Å². The molecule has 2 rings (SSSR count). The van der Waals surface area contributed by atoms with E-state index in [9.17, 15) is 13.2 Å². The maximum atomic E-state index is 13.7. The van der Waals surface area contributed by atoms with Gasteiger partial charge in [-0.1, -0.05) is 12.8 Å². The van der Waals surface area contributed by atoms with E-state index in [0.29, 0.717) is 18.5 Å². The quantitative estimate of drug-likeness (QED) is 0.862. The van der Waals surface area contributed by atoms with E-state index in [0.717, 1.165) is 25.3 Å². The van der Waals surface area contributed by atoms with Gasteiger partial charge in [0, 0.05) is 24.2 Å². The topological polar surface area (TPSA) is 29.3 Å². The fraction of sp³-hybridized carbons (Fsp3) is 0.600. The Morgan fingerprint density at radius 1 is 1.10 bits per heavy atom. The highest BCUT2D eigenvalue weighted by molar-refractivity contribution is 5.20. The van der Waals surface area contributed by atoms with Crippen LogP contribution in [0.3, 0.4) is 0 Å². The van der Waals surface area contributed by atoms with E-state index in [1.165, 1.54) is 6.42 Å². The Kier molecular flexibility index (Phi) is 5.05. The second-order valence-corrected chi connectivity index (χ2v) is 5.62. The van der Waals surface area contributed by atoms with E-state index in [-0.39, 0.29) is 18.2 Å². The molecule has 0 spiro atoms. The number of halogens is 3. The number of nitrogens with zero attached hydrogens (tertiary/aromatic N) is 1. The summed E-state index contributed by atoms with van der Waals surface area (Å²) in [5.74, 6) is -2.46. The molecule has 0 heterocycles.